The molecule has 0 saturated carbocycles. The Morgan fingerprint density at radius 1 is 1.04 bits per heavy atom. The second kappa shape index (κ2) is 6.43. The molecule has 128 valence electrons. The summed E-state index contributed by atoms with van der Waals surface area (Å²) in [6.07, 6.45) is -3.75. The summed E-state index contributed by atoms with van der Waals surface area (Å²) in [5.41, 5.74) is -0.690. The van der Waals surface area contributed by atoms with Crippen molar-refractivity contribution in [2.45, 2.75) is 13.1 Å². The monoisotopic (exact) mass is 345 g/mol. The molecule has 3 rings (SSSR count). The zero-order valence-electron chi connectivity index (χ0n) is 13.2. The van der Waals surface area contributed by atoms with Crippen molar-refractivity contribution in [3.63, 3.8) is 0 Å². The number of benzene rings is 2. The molecule has 0 aliphatic rings. The molecule has 0 spiro atoms. The van der Waals surface area contributed by atoms with Crippen LogP contribution in [0.1, 0.15) is 16.8 Å². The van der Waals surface area contributed by atoms with Gasteiger partial charge in [-0.25, -0.2) is 4.68 Å². The molecule has 0 aliphatic heterocycles. The van der Waals surface area contributed by atoms with Gasteiger partial charge in [0.15, 0.2) is 5.69 Å². The number of aliphatic imine (C=N–C) groups is 1. The highest BCUT2D eigenvalue weighted by molar-refractivity contribution is 5.83. The lowest BCUT2D eigenvalue weighted by Crippen LogP contribution is -2.17. The van der Waals surface area contributed by atoms with Gasteiger partial charge in [-0.2, -0.15) is 13.2 Å². The molecule has 7 heteroatoms. The Bertz CT molecular complexity index is 952. The van der Waals surface area contributed by atoms with Crippen LogP contribution in [0.2, 0.25) is 0 Å². The molecule has 4 nitrogen and oxygen atoms in total. The highest BCUT2D eigenvalue weighted by atomic mass is 19.4. The second-order valence-electron chi connectivity index (χ2n) is 5.47. The maximum Gasteiger partial charge on any atom is 0.433 e. The van der Waals surface area contributed by atoms with Gasteiger partial charge in [-0.1, -0.05) is 35.9 Å². The van der Waals surface area contributed by atoms with Crippen LogP contribution in [0.5, 0.6) is 0 Å². The van der Waals surface area contributed by atoms with Crippen molar-refractivity contribution >= 4 is 11.9 Å². The van der Waals surface area contributed by atoms with E-state index >= 15 is 0 Å². The van der Waals surface area contributed by atoms with E-state index in [9.17, 15) is 18.0 Å². The Morgan fingerprint density at radius 2 is 1.68 bits per heavy atom. The number of aryl methyl sites for hydroxylation is 1. The molecule has 1 aromatic heterocycles. The summed E-state index contributed by atoms with van der Waals surface area (Å²) in [6.45, 7) is 1.89. The first kappa shape index (κ1) is 16.8. The number of alkyl halides is 3. The minimum absolute atomic E-state index is 0.313. The standard InChI is InChI=1S/C18H14F3N3O/c1-12-7-9-13(10-8-12)22-11-15-16(18(19,20)21)23-24(17(15)25)14-5-3-2-4-6-14/h2-11,23H,1H3. The molecule has 1 heterocycles. The Kier molecular flexibility index (Phi) is 4.31. The van der Waals surface area contributed by atoms with Crippen molar-refractivity contribution in [2.75, 3.05) is 0 Å². The fraction of sp³-hybridized carbons (Fsp3) is 0.111. The van der Waals surface area contributed by atoms with Crippen LogP contribution in [0, 0.1) is 6.92 Å². The third kappa shape index (κ3) is 3.55. The van der Waals surface area contributed by atoms with E-state index in [1.807, 2.05) is 6.92 Å². The van der Waals surface area contributed by atoms with E-state index in [0.717, 1.165) is 16.5 Å². The van der Waals surface area contributed by atoms with Gasteiger partial charge in [-0.3, -0.25) is 14.9 Å². The Hall–Kier alpha value is -3.09. The number of halogens is 3. The van der Waals surface area contributed by atoms with E-state index in [2.05, 4.69) is 10.1 Å². The smallest absolute Gasteiger partial charge is 0.286 e. The van der Waals surface area contributed by atoms with Crippen molar-refractivity contribution in [3.05, 3.63) is 81.8 Å². The maximum atomic E-state index is 13.3. The zero-order chi connectivity index (χ0) is 18.0. The molecule has 0 amide bonds. The summed E-state index contributed by atoms with van der Waals surface area (Å²) in [5.74, 6) is 0. The summed E-state index contributed by atoms with van der Waals surface area (Å²) in [7, 11) is 0. The first-order valence-electron chi connectivity index (χ1n) is 7.44. The van der Waals surface area contributed by atoms with Crippen molar-refractivity contribution in [1.82, 2.24) is 9.78 Å². The molecule has 0 saturated heterocycles. The van der Waals surface area contributed by atoms with E-state index < -0.39 is 23.0 Å². The minimum Gasteiger partial charge on any atom is -0.286 e. The Balaban J connectivity index is 2.10. The fourth-order valence-electron chi connectivity index (χ4n) is 2.31. The van der Waals surface area contributed by atoms with E-state index in [1.54, 1.807) is 54.6 Å². The van der Waals surface area contributed by atoms with Gasteiger partial charge in [0.25, 0.3) is 5.56 Å². The summed E-state index contributed by atoms with van der Waals surface area (Å²) in [4.78, 5) is 16.5. The van der Waals surface area contributed by atoms with Crippen LogP contribution in [0.4, 0.5) is 18.9 Å². The molecule has 0 bridgehead atoms. The Labute approximate surface area is 141 Å². The lowest BCUT2D eigenvalue weighted by molar-refractivity contribution is -0.141. The van der Waals surface area contributed by atoms with E-state index in [0.29, 0.717) is 11.4 Å². The van der Waals surface area contributed by atoms with Crippen molar-refractivity contribution < 1.29 is 13.2 Å². The third-order valence-electron chi connectivity index (χ3n) is 3.60. The molecule has 0 aliphatic carbocycles. The summed E-state index contributed by atoms with van der Waals surface area (Å²) in [5, 5.41) is 2.14. The van der Waals surface area contributed by atoms with Crippen LogP contribution in [0.15, 0.2) is 64.4 Å². The normalized spacial score (nSPS) is 12.0. The predicted octanol–water partition coefficient (Wildman–Crippen LogP) is 4.24. The van der Waals surface area contributed by atoms with Crippen LogP contribution >= 0.6 is 0 Å². The van der Waals surface area contributed by atoms with Crippen molar-refractivity contribution in [3.8, 4) is 5.69 Å². The number of aromatic nitrogens is 2. The average Bonchev–Trinajstić information content (AvgIpc) is 2.92. The molecule has 3 aromatic rings. The number of nitrogens with one attached hydrogen (secondary N) is 1. The summed E-state index contributed by atoms with van der Waals surface area (Å²) in [6, 6.07) is 15.0. The van der Waals surface area contributed by atoms with Crippen molar-refractivity contribution in [2.24, 2.45) is 4.99 Å². The highest BCUT2D eigenvalue weighted by Gasteiger charge is 2.37. The zero-order valence-corrected chi connectivity index (χ0v) is 13.2. The number of H-pyrrole nitrogens is 1. The van der Waals surface area contributed by atoms with Gasteiger partial charge in [0, 0.05) is 6.21 Å². The lowest BCUT2D eigenvalue weighted by Gasteiger charge is -2.04. The van der Waals surface area contributed by atoms with Gasteiger partial charge in [0.05, 0.1) is 16.9 Å². The molecule has 0 fully saturated rings. The summed E-state index contributed by atoms with van der Waals surface area (Å²) >= 11 is 0. The number of aromatic amines is 1. The lowest BCUT2D eigenvalue weighted by atomic mass is 10.2. The Morgan fingerprint density at radius 3 is 2.28 bits per heavy atom. The molecule has 25 heavy (non-hydrogen) atoms. The van der Waals surface area contributed by atoms with Crippen LogP contribution in [-0.4, -0.2) is 16.0 Å². The molecular weight excluding hydrogens is 331 g/mol. The topological polar surface area (TPSA) is 50.1 Å². The molecular formula is C18H14F3N3O. The van der Waals surface area contributed by atoms with Gasteiger partial charge in [0.2, 0.25) is 0 Å². The van der Waals surface area contributed by atoms with Crippen molar-refractivity contribution in [1.29, 1.82) is 0 Å². The molecule has 1 N–H and O–H groups in total. The first-order valence-corrected chi connectivity index (χ1v) is 7.44. The van der Waals surface area contributed by atoms with Gasteiger partial charge >= 0.3 is 6.18 Å². The first-order chi connectivity index (χ1) is 11.9. The van der Waals surface area contributed by atoms with E-state index in [-0.39, 0.29) is 0 Å². The van der Waals surface area contributed by atoms with Crippen LogP contribution in [0.3, 0.4) is 0 Å². The average molecular weight is 345 g/mol. The van der Waals surface area contributed by atoms with Crippen LogP contribution < -0.4 is 5.56 Å². The maximum absolute atomic E-state index is 13.3. The number of hydrogen-bond acceptors (Lipinski definition) is 2. The van der Waals surface area contributed by atoms with Crippen LogP contribution in [0.25, 0.3) is 5.69 Å². The summed E-state index contributed by atoms with van der Waals surface area (Å²) < 4.78 is 40.7. The van der Waals surface area contributed by atoms with E-state index in [1.165, 1.54) is 0 Å². The minimum atomic E-state index is -4.70. The largest absolute Gasteiger partial charge is 0.433 e. The fourth-order valence-corrected chi connectivity index (χ4v) is 2.31. The SMILES string of the molecule is Cc1ccc(N=Cc2c(C(F)(F)F)[nH]n(-c3ccccc3)c2=O)cc1. The molecule has 0 atom stereocenters. The van der Waals surface area contributed by atoms with Crippen LogP contribution in [-0.2, 0) is 6.18 Å². The molecule has 0 radical (unpaired) electrons. The molecule has 2 aromatic carbocycles. The number of rotatable bonds is 3. The third-order valence-corrected chi connectivity index (χ3v) is 3.60. The highest BCUT2D eigenvalue weighted by Crippen LogP contribution is 2.29. The number of hydrogen-bond donors (Lipinski definition) is 1. The number of nitrogens with zero attached hydrogens (tertiary/aromatic N) is 2. The van der Waals surface area contributed by atoms with Gasteiger partial charge in [0.1, 0.15) is 0 Å². The van der Waals surface area contributed by atoms with E-state index in [4.69, 9.17) is 0 Å². The van der Waals surface area contributed by atoms with Gasteiger partial charge < -0.3 is 0 Å². The predicted molar refractivity (Wildman–Crippen MR) is 89.8 cm³/mol. The van der Waals surface area contributed by atoms with Gasteiger partial charge in [-0.05, 0) is 31.2 Å². The second-order valence-corrected chi connectivity index (χ2v) is 5.47. The number of para-hydroxylation sites is 1. The quantitative estimate of drug-likeness (QED) is 0.709. The molecule has 0 unspecified atom stereocenters. The van der Waals surface area contributed by atoms with Gasteiger partial charge in [-0.15, -0.1) is 0 Å².